The maximum absolute atomic E-state index is 5.83. The number of likely N-dealkylation sites (N-methyl/N-ethyl adjacent to an activating group) is 1. The van der Waals surface area contributed by atoms with Crippen molar-refractivity contribution >= 4 is 29.9 Å². The minimum Gasteiger partial charge on any atom is -0.492 e. The van der Waals surface area contributed by atoms with E-state index in [0.717, 1.165) is 30.4 Å². The van der Waals surface area contributed by atoms with Crippen LogP contribution in [0.2, 0.25) is 0 Å². The second-order valence-corrected chi connectivity index (χ2v) is 7.55. The van der Waals surface area contributed by atoms with Crippen molar-refractivity contribution in [3.63, 3.8) is 0 Å². The molecule has 1 heterocycles. The first-order chi connectivity index (χ1) is 15.1. The van der Waals surface area contributed by atoms with Crippen molar-refractivity contribution in [2.24, 2.45) is 4.99 Å². The number of halogens is 1. The van der Waals surface area contributed by atoms with Crippen LogP contribution in [-0.4, -0.2) is 54.9 Å². The van der Waals surface area contributed by atoms with Crippen molar-refractivity contribution in [2.45, 2.75) is 19.6 Å². The summed E-state index contributed by atoms with van der Waals surface area (Å²) < 4.78 is 7.76. The molecule has 0 aliphatic carbocycles. The quantitative estimate of drug-likeness (QED) is 0.231. The second-order valence-electron chi connectivity index (χ2n) is 7.55. The molecule has 2 N–H and O–H groups in total. The van der Waals surface area contributed by atoms with Crippen LogP contribution in [0.1, 0.15) is 16.7 Å². The Morgan fingerprint density at radius 2 is 1.81 bits per heavy atom. The third-order valence-electron chi connectivity index (χ3n) is 4.85. The number of guanidine groups is 1. The number of nitrogens with zero attached hydrogens (tertiary/aromatic N) is 4. The normalized spacial score (nSPS) is 11.2. The highest BCUT2D eigenvalue weighted by atomic mass is 127. The zero-order chi connectivity index (χ0) is 21.9. The van der Waals surface area contributed by atoms with Gasteiger partial charge in [0.1, 0.15) is 12.4 Å². The van der Waals surface area contributed by atoms with E-state index in [1.54, 1.807) is 13.2 Å². The van der Waals surface area contributed by atoms with E-state index in [-0.39, 0.29) is 24.0 Å². The van der Waals surface area contributed by atoms with Crippen molar-refractivity contribution in [3.8, 4) is 5.75 Å². The van der Waals surface area contributed by atoms with E-state index < -0.39 is 0 Å². The average molecular weight is 548 g/mol. The summed E-state index contributed by atoms with van der Waals surface area (Å²) >= 11 is 0. The van der Waals surface area contributed by atoms with Crippen molar-refractivity contribution < 1.29 is 4.74 Å². The third kappa shape index (κ3) is 8.51. The molecule has 0 saturated heterocycles. The lowest BCUT2D eigenvalue weighted by Crippen LogP contribution is -2.36. The van der Waals surface area contributed by atoms with Gasteiger partial charge in [-0.05, 0) is 49.0 Å². The molecule has 0 bridgehead atoms. The standard InChI is InChI=1S/C24H32N6O.HI/c1-25-24(26-17-20-8-6-11-23(16-20)31-15-14-29(2)3)27-18-21-9-4-5-10-22(21)19-30-13-7-12-28-30;/h4-13,16H,14-15,17-19H2,1-3H3,(H2,25,26,27);1H. The van der Waals surface area contributed by atoms with Crippen LogP contribution in [-0.2, 0) is 19.6 Å². The summed E-state index contributed by atoms with van der Waals surface area (Å²) in [7, 11) is 5.86. The highest BCUT2D eigenvalue weighted by Crippen LogP contribution is 2.13. The van der Waals surface area contributed by atoms with Crippen LogP contribution in [0.4, 0.5) is 0 Å². The summed E-state index contributed by atoms with van der Waals surface area (Å²) in [5.41, 5.74) is 3.60. The van der Waals surface area contributed by atoms with E-state index in [9.17, 15) is 0 Å². The SMILES string of the molecule is CN=C(NCc1cccc(OCCN(C)C)c1)NCc1ccccc1Cn1cccn1.I. The van der Waals surface area contributed by atoms with E-state index in [2.05, 4.69) is 62.0 Å². The van der Waals surface area contributed by atoms with Gasteiger partial charge in [-0.2, -0.15) is 5.10 Å². The third-order valence-corrected chi connectivity index (χ3v) is 4.85. The Balaban J connectivity index is 0.00000363. The van der Waals surface area contributed by atoms with Crippen LogP contribution in [0.15, 0.2) is 72.0 Å². The highest BCUT2D eigenvalue weighted by molar-refractivity contribution is 14.0. The molecule has 0 atom stereocenters. The number of hydrogen-bond donors (Lipinski definition) is 2. The van der Waals surface area contributed by atoms with Crippen molar-refractivity contribution in [1.82, 2.24) is 25.3 Å². The molecule has 0 unspecified atom stereocenters. The van der Waals surface area contributed by atoms with Crippen molar-refractivity contribution in [3.05, 3.63) is 83.7 Å². The van der Waals surface area contributed by atoms with Gasteiger partial charge >= 0.3 is 0 Å². The molecule has 172 valence electrons. The summed E-state index contributed by atoms with van der Waals surface area (Å²) in [6, 6.07) is 18.5. The van der Waals surface area contributed by atoms with Gasteiger partial charge < -0.3 is 20.3 Å². The Labute approximate surface area is 207 Å². The van der Waals surface area contributed by atoms with Gasteiger partial charge in [0.15, 0.2) is 5.96 Å². The molecule has 0 amide bonds. The Bertz CT molecular complexity index is 959. The predicted molar refractivity (Wildman–Crippen MR) is 141 cm³/mol. The molecule has 0 aliphatic rings. The highest BCUT2D eigenvalue weighted by Gasteiger charge is 2.05. The molecule has 32 heavy (non-hydrogen) atoms. The molecule has 3 aromatic rings. The number of benzene rings is 2. The monoisotopic (exact) mass is 548 g/mol. The summed E-state index contributed by atoms with van der Waals surface area (Å²) in [6.45, 7) is 3.66. The minimum absolute atomic E-state index is 0. The molecule has 0 spiro atoms. The van der Waals surface area contributed by atoms with Gasteiger partial charge in [0, 0.05) is 39.1 Å². The van der Waals surface area contributed by atoms with E-state index in [1.807, 2.05) is 43.2 Å². The van der Waals surface area contributed by atoms with E-state index in [4.69, 9.17) is 4.74 Å². The number of aliphatic imine (C=N–C) groups is 1. The fourth-order valence-corrected chi connectivity index (χ4v) is 3.13. The largest absolute Gasteiger partial charge is 0.492 e. The maximum atomic E-state index is 5.83. The van der Waals surface area contributed by atoms with Crippen molar-refractivity contribution in [1.29, 1.82) is 0 Å². The molecule has 0 saturated carbocycles. The van der Waals surface area contributed by atoms with Gasteiger partial charge in [-0.1, -0.05) is 36.4 Å². The lowest BCUT2D eigenvalue weighted by Gasteiger charge is -2.15. The number of aromatic nitrogens is 2. The Morgan fingerprint density at radius 1 is 1.03 bits per heavy atom. The molecule has 0 radical (unpaired) electrons. The Hall–Kier alpha value is -2.59. The molecule has 2 aromatic carbocycles. The molecule has 0 fully saturated rings. The summed E-state index contributed by atoms with van der Waals surface area (Å²) in [5.74, 6) is 1.64. The summed E-state index contributed by atoms with van der Waals surface area (Å²) in [6.07, 6.45) is 3.78. The Morgan fingerprint density at radius 3 is 2.53 bits per heavy atom. The summed E-state index contributed by atoms with van der Waals surface area (Å²) in [5, 5.41) is 11.1. The average Bonchev–Trinajstić information content (AvgIpc) is 3.28. The lowest BCUT2D eigenvalue weighted by molar-refractivity contribution is 0.261. The molecule has 8 heteroatoms. The molecular formula is C24H33IN6O. The van der Waals surface area contributed by atoms with Crippen LogP contribution in [0, 0.1) is 0 Å². The minimum atomic E-state index is 0. The number of ether oxygens (including phenoxy) is 1. The molecule has 1 aromatic heterocycles. The van der Waals surface area contributed by atoms with Gasteiger partial charge in [-0.25, -0.2) is 0 Å². The van der Waals surface area contributed by atoms with E-state index in [1.165, 1.54) is 11.1 Å². The predicted octanol–water partition coefficient (Wildman–Crippen LogP) is 3.36. The zero-order valence-corrected chi connectivity index (χ0v) is 21.3. The van der Waals surface area contributed by atoms with Gasteiger partial charge in [0.05, 0.1) is 6.54 Å². The van der Waals surface area contributed by atoms with E-state index >= 15 is 0 Å². The first-order valence-electron chi connectivity index (χ1n) is 10.5. The summed E-state index contributed by atoms with van der Waals surface area (Å²) in [4.78, 5) is 6.46. The smallest absolute Gasteiger partial charge is 0.191 e. The van der Waals surface area contributed by atoms with Gasteiger partial charge in [-0.3, -0.25) is 9.67 Å². The topological polar surface area (TPSA) is 66.7 Å². The van der Waals surface area contributed by atoms with Crippen LogP contribution >= 0.6 is 24.0 Å². The number of rotatable bonds is 10. The van der Waals surface area contributed by atoms with Crippen molar-refractivity contribution in [2.75, 3.05) is 34.3 Å². The van der Waals surface area contributed by atoms with Crippen LogP contribution in [0.25, 0.3) is 0 Å². The molecule has 3 rings (SSSR count). The van der Waals surface area contributed by atoms with Crippen LogP contribution in [0.3, 0.4) is 0 Å². The Kier molecular flexibility index (Phi) is 11.0. The van der Waals surface area contributed by atoms with Crippen LogP contribution < -0.4 is 15.4 Å². The molecular weight excluding hydrogens is 515 g/mol. The van der Waals surface area contributed by atoms with E-state index in [0.29, 0.717) is 19.7 Å². The first-order valence-corrected chi connectivity index (χ1v) is 10.5. The van der Waals surface area contributed by atoms with Gasteiger partial charge in [0.25, 0.3) is 0 Å². The first kappa shape index (κ1) is 25.7. The molecule has 0 aliphatic heterocycles. The molecule has 7 nitrogen and oxygen atoms in total. The van der Waals surface area contributed by atoms with Gasteiger partial charge in [0.2, 0.25) is 0 Å². The zero-order valence-electron chi connectivity index (χ0n) is 19.0. The fourth-order valence-electron chi connectivity index (χ4n) is 3.13. The van der Waals surface area contributed by atoms with Gasteiger partial charge in [-0.15, -0.1) is 24.0 Å². The maximum Gasteiger partial charge on any atom is 0.191 e. The fraction of sp³-hybridized carbons (Fsp3) is 0.333. The number of hydrogen-bond acceptors (Lipinski definition) is 4. The lowest BCUT2D eigenvalue weighted by atomic mass is 10.1. The second kappa shape index (κ2) is 13.7. The number of nitrogens with one attached hydrogen (secondary N) is 2. The van der Waals surface area contributed by atoms with Crippen LogP contribution in [0.5, 0.6) is 5.75 Å².